The first-order valence-electron chi connectivity index (χ1n) is 5.62. The van der Waals surface area contributed by atoms with E-state index in [4.69, 9.17) is 34.0 Å². The third-order valence-corrected chi connectivity index (χ3v) is 4.65. The molecule has 116 valence electrons. The monoisotopic (exact) mass is 354 g/mol. The lowest BCUT2D eigenvalue weighted by Crippen LogP contribution is -2.41. The van der Waals surface area contributed by atoms with Crippen molar-refractivity contribution < 1.29 is 23.1 Å². The van der Waals surface area contributed by atoms with Crippen molar-refractivity contribution in [2.24, 2.45) is 5.73 Å². The minimum atomic E-state index is -4.20. The molecule has 0 saturated carbocycles. The average molecular weight is 355 g/mol. The average Bonchev–Trinajstić information content (AvgIpc) is 2.36. The van der Waals surface area contributed by atoms with Crippen LogP contribution in [-0.2, 0) is 19.6 Å². The third-order valence-electron chi connectivity index (χ3n) is 2.46. The number of carbonyl (C=O) groups excluding carboxylic acids is 1. The Balaban J connectivity index is 3.03. The van der Waals surface area contributed by atoms with E-state index in [-0.39, 0.29) is 27.8 Å². The van der Waals surface area contributed by atoms with Crippen LogP contribution in [0.2, 0.25) is 10.0 Å². The fourth-order valence-corrected chi connectivity index (χ4v) is 3.44. The number of primary amides is 1. The van der Waals surface area contributed by atoms with Crippen LogP contribution in [0, 0.1) is 0 Å². The van der Waals surface area contributed by atoms with Crippen molar-refractivity contribution >= 4 is 45.1 Å². The first-order valence-corrected chi connectivity index (χ1v) is 7.86. The van der Waals surface area contributed by atoms with Gasteiger partial charge >= 0.3 is 5.97 Å². The molecule has 0 fully saturated rings. The Morgan fingerprint density at radius 3 is 2.48 bits per heavy atom. The van der Waals surface area contributed by atoms with Gasteiger partial charge in [-0.25, -0.2) is 8.42 Å². The van der Waals surface area contributed by atoms with Crippen molar-refractivity contribution in [1.82, 2.24) is 4.72 Å². The summed E-state index contributed by atoms with van der Waals surface area (Å²) in [5.74, 6) is -2.17. The number of hydrogen-bond acceptors (Lipinski definition) is 4. The van der Waals surface area contributed by atoms with Gasteiger partial charge in [-0.3, -0.25) is 9.59 Å². The second-order valence-corrected chi connectivity index (χ2v) is 6.62. The molecule has 1 aromatic carbocycles. The molecule has 0 aromatic heterocycles. The second kappa shape index (κ2) is 7.08. The number of aliphatic carboxylic acids is 1. The molecular formula is C11H12Cl2N2O5S. The number of rotatable bonds is 7. The van der Waals surface area contributed by atoms with Gasteiger partial charge in [0.1, 0.15) is 10.9 Å². The van der Waals surface area contributed by atoms with E-state index in [2.05, 4.69) is 0 Å². The van der Waals surface area contributed by atoms with Crippen LogP contribution in [0.15, 0.2) is 23.1 Å². The van der Waals surface area contributed by atoms with Crippen molar-refractivity contribution in [3.63, 3.8) is 0 Å². The number of hydrogen-bond donors (Lipinski definition) is 3. The van der Waals surface area contributed by atoms with Gasteiger partial charge in [0.15, 0.2) is 0 Å². The molecule has 1 amide bonds. The lowest BCUT2D eigenvalue weighted by molar-refractivity contribution is -0.139. The maximum atomic E-state index is 12.1. The number of nitrogens with one attached hydrogen (secondary N) is 1. The van der Waals surface area contributed by atoms with Gasteiger partial charge in [-0.05, 0) is 24.6 Å². The molecule has 7 nitrogen and oxygen atoms in total. The van der Waals surface area contributed by atoms with Crippen molar-refractivity contribution in [3.8, 4) is 0 Å². The SMILES string of the molecule is NC(=O)CC[C@@H](NS(=O)(=O)c1cc(Cl)ccc1Cl)C(=O)O. The molecule has 1 aromatic rings. The lowest BCUT2D eigenvalue weighted by atomic mass is 10.2. The summed E-state index contributed by atoms with van der Waals surface area (Å²) in [6.07, 6.45) is -0.551. The van der Waals surface area contributed by atoms with Crippen molar-refractivity contribution in [3.05, 3.63) is 28.2 Å². The van der Waals surface area contributed by atoms with Gasteiger partial charge in [0.25, 0.3) is 0 Å². The number of halogens is 2. The van der Waals surface area contributed by atoms with Crippen LogP contribution in [0.3, 0.4) is 0 Å². The molecule has 1 rings (SSSR count). The molecule has 0 radical (unpaired) electrons. The van der Waals surface area contributed by atoms with Gasteiger partial charge < -0.3 is 10.8 Å². The van der Waals surface area contributed by atoms with Crippen LogP contribution in [0.25, 0.3) is 0 Å². The molecule has 1 atom stereocenters. The summed E-state index contributed by atoms with van der Waals surface area (Å²) in [7, 11) is -4.20. The molecule has 10 heteroatoms. The van der Waals surface area contributed by atoms with Gasteiger partial charge in [-0.15, -0.1) is 0 Å². The first kappa shape index (κ1) is 17.7. The molecule has 0 heterocycles. The predicted molar refractivity (Wildman–Crippen MR) is 76.6 cm³/mol. The summed E-state index contributed by atoms with van der Waals surface area (Å²) in [6.45, 7) is 0. The fraction of sp³-hybridized carbons (Fsp3) is 0.273. The van der Waals surface area contributed by atoms with E-state index in [0.29, 0.717) is 0 Å². The van der Waals surface area contributed by atoms with Crippen molar-refractivity contribution in [2.45, 2.75) is 23.8 Å². The van der Waals surface area contributed by atoms with Crippen LogP contribution in [-0.4, -0.2) is 31.4 Å². The van der Waals surface area contributed by atoms with Crippen LogP contribution < -0.4 is 10.5 Å². The molecule has 0 bridgehead atoms. The van der Waals surface area contributed by atoms with Gasteiger partial charge in [-0.2, -0.15) is 4.72 Å². The molecular weight excluding hydrogens is 343 g/mol. The summed E-state index contributed by atoms with van der Waals surface area (Å²) >= 11 is 11.5. The molecule has 0 spiro atoms. The highest BCUT2D eigenvalue weighted by molar-refractivity contribution is 7.89. The number of carboxylic acid groups (broad SMARTS) is 1. The van der Waals surface area contributed by atoms with Gasteiger partial charge in [-0.1, -0.05) is 23.2 Å². The number of carboxylic acids is 1. The summed E-state index contributed by atoms with van der Waals surface area (Å²) in [4.78, 5) is 21.4. The van der Waals surface area contributed by atoms with E-state index < -0.39 is 27.9 Å². The molecule has 0 aliphatic rings. The summed E-state index contributed by atoms with van der Waals surface area (Å²) < 4.78 is 26.2. The fourth-order valence-electron chi connectivity index (χ4n) is 1.45. The Kier molecular flexibility index (Phi) is 5.97. The normalized spacial score (nSPS) is 12.9. The number of nitrogens with two attached hydrogens (primary N) is 1. The van der Waals surface area contributed by atoms with Gasteiger partial charge in [0.05, 0.1) is 5.02 Å². The topological polar surface area (TPSA) is 127 Å². The van der Waals surface area contributed by atoms with E-state index in [1.807, 2.05) is 4.72 Å². The summed E-state index contributed by atoms with van der Waals surface area (Å²) in [5.41, 5.74) is 4.91. The highest BCUT2D eigenvalue weighted by Gasteiger charge is 2.27. The minimum absolute atomic E-state index is 0.106. The van der Waals surface area contributed by atoms with E-state index in [0.717, 1.165) is 6.07 Å². The Morgan fingerprint density at radius 2 is 1.95 bits per heavy atom. The number of carbonyl (C=O) groups is 2. The van der Waals surface area contributed by atoms with Crippen LogP contribution in [0.5, 0.6) is 0 Å². The quantitative estimate of drug-likeness (QED) is 0.672. The van der Waals surface area contributed by atoms with Crippen LogP contribution in [0.1, 0.15) is 12.8 Å². The Bertz CT molecular complexity index is 663. The zero-order chi connectivity index (χ0) is 16.2. The minimum Gasteiger partial charge on any atom is -0.480 e. The largest absolute Gasteiger partial charge is 0.480 e. The van der Waals surface area contributed by atoms with E-state index >= 15 is 0 Å². The van der Waals surface area contributed by atoms with E-state index in [1.165, 1.54) is 12.1 Å². The van der Waals surface area contributed by atoms with E-state index in [9.17, 15) is 18.0 Å². The predicted octanol–water partition coefficient (Wildman–Crippen LogP) is 0.990. The Hall–Kier alpha value is -1.35. The summed E-state index contributed by atoms with van der Waals surface area (Å²) in [5, 5.41) is 9.01. The standard InChI is InChI=1S/C11H12Cl2N2O5S/c12-6-1-2-7(13)9(5-6)21(19,20)15-8(11(17)18)3-4-10(14)16/h1-2,5,8,15H,3-4H2,(H2,14,16)(H,17,18)/t8-/m1/s1. The van der Waals surface area contributed by atoms with Gasteiger partial charge in [0, 0.05) is 11.4 Å². The van der Waals surface area contributed by atoms with Crippen LogP contribution in [0.4, 0.5) is 0 Å². The number of benzene rings is 1. The number of amides is 1. The third kappa shape index (κ3) is 5.16. The Labute approximate surface area is 131 Å². The smallest absolute Gasteiger partial charge is 0.321 e. The molecule has 0 aliphatic heterocycles. The summed E-state index contributed by atoms with van der Waals surface area (Å²) in [6, 6.07) is 2.26. The van der Waals surface area contributed by atoms with Crippen LogP contribution >= 0.6 is 23.2 Å². The molecule has 0 aliphatic carbocycles. The Morgan fingerprint density at radius 1 is 1.33 bits per heavy atom. The van der Waals surface area contributed by atoms with Crippen molar-refractivity contribution in [2.75, 3.05) is 0 Å². The highest BCUT2D eigenvalue weighted by Crippen LogP contribution is 2.25. The molecule has 4 N–H and O–H groups in total. The maximum absolute atomic E-state index is 12.1. The zero-order valence-corrected chi connectivity index (χ0v) is 12.9. The van der Waals surface area contributed by atoms with E-state index in [1.54, 1.807) is 0 Å². The zero-order valence-electron chi connectivity index (χ0n) is 10.5. The lowest BCUT2D eigenvalue weighted by Gasteiger charge is -2.15. The highest BCUT2D eigenvalue weighted by atomic mass is 35.5. The van der Waals surface area contributed by atoms with Gasteiger partial charge in [0.2, 0.25) is 15.9 Å². The molecule has 0 unspecified atom stereocenters. The van der Waals surface area contributed by atoms with Crippen molar-refractivity contribution in [1.29, 1.82) is 0 Å². The second-order valence-electron chi connectivity index (χ2n) is 4.09. The molecule has 21 heavy (non-hydrogen) atoms. The maximum Gasteiger partial charge on any atom is 0.321 e. The molecule has 0 saturated heterocycles. The first-order chi connectivity index (χ1) is 9.63. The number of sulfonamides is 1.